The van der Waals surface area contributed by atoms with Crippen LogP contribution in [0.1, 0.15) is 40.1 Å². The van der Waals surface area contributed by atoms with Crippen LogP contribution in [0.2, 0.25) is 0 Å². The number of primary sulfonamides is 1. The third-order valence-electron chi connectivity index (χ3n) is 5.96. The molecule has 1 atom stereocenters. The van der Waals surface area contributed by atoms with E-state index >= 15 is 4.39 Å². The van der Waals surface area contributed by atoms with E-state index in [-0.39, 0.29) is 17.5 Å². The molecule has 1 unspecified atom stereocenters. The van der Waals surface area contributed by atoms with Gasteiger partial charge in [-0.2, -0.15) is 0 Å². The number of carbonyl (C=O) groups excluding carboxylic acids is 1. The SMILES string of the molecule is CCC(c1ccc(F)c(C(=O)c2c[nH]c3ncc(-c4ccc(N(C)C)cc4)cc23)c1F)S(N)(=O)=O. The number of sulfonamides is 1. The molecule has 0 amide bonds. The topological polar surface area (TPSA) is 109 Å². The van der Waals surface area contributed by atoms with Gasteiger partial charge < -0.3 is 9.88 Å². The summed E-state index contributed by atoms with van der Waals surface area (Å²) in [7, 11) is -0.312. The zero-order chi connectivity index (χ0) is 25.5. The zero-order valence-corrected chi connectivity index (χ0v) is 20.2. The van der Waals surface area contributed by atoms with Crippen molar-refractivity contribution in [2.24, 2.45) is 5.14 Å². The highest BCUT2D eigenvalue weighted by Gasteiger charge is 2.30. The third-order valence-corrected chi connectivity index (χ3v) is 7.34. The molecule has 0 aliphatic carbocycles. The molecule has 0 saturated carbocycles. The number of H-pyrrole nitrogens is 1. The first-order valence-corrected chi connectivity index (χ1v) is 12.4. The van der Waals surface area contributed by atoms with Crippen LogP contribution < -0.4 is 10.0 Å². The van der Waals surface area contributed by atoms with Gasteiger partial charge in [0, 0.05) is 54.3 Å². The first-order valence-electron chi connectivity index (χ1n) is 10.8. The summed E-state index contributed by atoms with van der Waals surface area (Å²) >= 11 is 0. The largest absolute Gasteiger partial charge is 0.378 e. The lowest BCUT2D eigenvalue weighted by molar-refractivity contribution is 0.103. The van der Waals surface area contributed by atoms with Gasteiger partial charge in [0.2, 0.25) is 15.8 Å². The second-order valence-corrected chi connectivity index (χ2v) is 10.2. The second kappa shape index (κ2) is 9.20. The maximum atomic E-state index is 15.4. The highest BCUT2D eigenvalue weighted by Crippen LogP contribution is 2.32. The summed E-state index contributed by atoms with van der Waals surface area (Å²) in [6.07, 6.45) is 2.93. The number of nitrogens with two attached hydrogens (primary N) is 1. The van der Waals surface area contributed by atoms with E-state index in [9.17, 15) is 17.6 Å². The second-order valence-electron chi connectivity index (χ2n) is 8.40. The van der Waals surface area contributed by atoms with Crippen molar-refractivity contribution in [3.63, 3.8) is 0 Å². The van der Waals surface area contributed by atoms with Crippen molar-refractivity contribution in [2.45, 2.75) is 18.6 Å². The van der Waals surface area contributed by atoms with Crippen molar-refractivity contribution in [3.05, 3.63) is 83.2 Å². The van der Waals surface area contributed by atoms with Gasteiger partial charge in [0.05, 0.1) is 5.56 Å². The van der Waals surface area contributed by atoms with Crippen LogP contribution in [0.3, 0.4) is 0 Å². The average Bonchev–Trinajstić information content (AvgIpc) is 3.23. The average molecular weight is 499 g/mol. The predicted molar refractivity (Wildman–Crippen MR) is 132 cm³/mol. The molecule has 4 rings (SSSR count). The Bertz CT molecular complexity index is 1530. The molecule has 3 N–H and O–H groups in total. The number of nitrogens with zero attached hydrogens (tertiary/aromatic N) is 2. The molecule has 182 valence electrons. The number of halogens is 2. The van der Waals surface area contributed by atoms with Crippen LogP contribution in [0.15, 0.2) is 54.9 Å². The highest BCUT2D eigenvalue weighted by atomic mass is 32.2. The summed E-state index contributed by atoms with van der Waals surface area (Å²) in [5, 5.41) is 4.21. The van der Waals surface area contributed by atoms with Gasteiger partial charge in [-0.05, 0) is 36.2 Å². The normalized spacial score (nSPS) is 12.6. The van der Waals surface area contributed by atoms with Crippen LogP contribution in [0, 0.1) is 11.6 Å². The van der Waals surface area contributed by atoms with Crippen LogP contribution in [-0.4, -0.2) is 38.3 Å². The number of fused-ring (bicyclic) bond motifs is 1. The molecular formula is C25H24F2N4O3S. The maximum Gasteiger partial charge on any atom is 0.216 e. The number of hydrogen-bond acceptors (Lipinski definition) is 5. The fourth-order valence-corrected chi connectivity index (χ4v) is 5.09. The molecule has 10 heteroatoms. The molecule has 0 radical (unpaired) electrons. The zero-order valence-electron chi connectivity index (χ0n) is 19.3. The van der Waals surface area contributed by atoms with E-state index in [2.05, 4.69) is 9.97 Å². The van der Waals surface area contributed by atoms with Crippen molar-refractivity contribution < 1.29 is 22.0 Å². The number of anilines is 1. The monoisotopic (exact) mass is 498 g/mol. The lowest BCUT2D eigenvalue weighted by Gasteiger charge is -2.16. The Balaban J connectivity index is 1.81. The quantitative estimate of drug-likeness (QED) is 0.364. The maximum absolute atomic E-state index is 15.4. The van der Waals surface area contributed by atoms with E-state index in [4.69, 9.17) is 5.14 Å². The molecular weight excluding hydrogens is 474 g/mol. The van der Waals surface area contributed by atoms with Crippen molar-refractivity contribution in [2.75, 3.05) is 19.0 Å². The molecule has 7 nitrogen and oxygen atoms in total. The van der Waals surface area contributed by atoms with Gasteiger partial charge in [-0.15, -0.1) is 0 Å². The summed E-state index contributed by atoms with van der Waals surface area (Å²) in [5.74, 6) is -3.27. The van der Waals surface area contributed by atoms with Gasteiger partial charge >= 0.3 is 0 Å². The summed E-state index contributed by atoms with van der Waals surface area (Å²) in [4.78, 5) is 22.5. The number of rotatable bonds is 7. The van der Waals surface area contributed by atoms with Crippen LogP contribution in [0.4, 0.5) is 14.5 Å². The van der Waals surface area contributed by atoms with Gasteiger partial charge in [-0.1, -0.05) is 25.1 Å². The molecule has 0 spiro atoms. The van der Waals surface area contributed by atoms with Gasteiger partial charge in [0.1, 0.15) is 22.5 Å². The van der Waals surface area contributed by atoms with Gasteiger partial charge in [-0.3, -0.25) is 4.79 Å². The molecule has 0 fully saturated rings. The summed E-state index contributed by atoms with van der Waals surface area (Å²) < 4.78 is 54.0. The first-order chi connectivity index (χ1) is 16.5. The van der Waals surface area contributed by atoms with Crippen LogP contribution in [0.5, 0.6) is 0 Å². The van der Waals surface area contributed by atoms with Gasteiger partial charge in [-0.25, -0.2) is 27.3 Å². The minimum Gasteiger partial charge on any atom is -0.378 e. The van der Waals surface area contributed by atoms with Crippen LogP contribution in [0.25, 0.3) is 22.2 Å². The van der Waals surface area contributed by atoms with E-state index in [1.165, 1.54) is 13.1 Å². The van der Waals surface area contributed by atoms with E-state index in [0.29, 0.717) is 16.6 Å². The number of ketones is 1. The highest BCUT2D eigenvalue weighted by molar-refractivity contribution is 7.89. The fourth-order valence-electron chi connectivity index (χ4n) is 4.09. The summed E-state index contributed by atoms with van der Waals surface area (Å²) in [5.41, 5.74) is 1.77. The smallest absolute Gasteiger partial charge is 0.216 e. The Morgan fingerprint density at radius 2 is 1.80 bits per heavy atom. The van der Waals surface area contributed by atoms with Crippen molar-refractivity contribution in [1.82, 2.24) is 9.97 Å². The molecule has 2 aromatic carbocycles. The Hall–Kier alpha value is -3.63. The number of pyridine rings is 1. The van der Waals surface area contributed by atoms with E-state index in [0.717, 1.165) is 23.4 Å². The summed E-state index contributed by atoms with van der Waals surface area (Å²) in [6.45, 7) is 1.51. The first kappa shape index (κ1) is 24.5. The van der Waals surface area contributed by atoms with Crippen molar-refractivity contribution in [3.8, 4) is 11.1 Å². The number of hydrogen-bond donors (Lipinski definition) is 2. The predicted octanol–water partition coefficient (Wildman–Crippen LogP) is 4.54. The van der Waals surface area contributed by atoms with Crippen LogP contribution >= 0.6 is 0 Å². The Labute approximate surface area is 201 Å². The third kappa shape index (κ3) is 4.54. The van der Waals surface area contributed by atoms with Crippen LogP contribution in [-0.2, 0) is 10.0 Å². The number of aromatic amines is 1. The van der Waals surface area contributed by atoms with E-state index < -0.39 is 38.3 Å². The number of carbonyl (C=O) groups is 1. The lowest BCUT2D eigenvalue weighted by Crippen LogP contribution is -2.23. The van der Waals surface area contributed by atoms with E-state index in [1.54, 1.807) is 12.3 Å². The molecule has 0 aliphatic heterocycles. The molecule has 0 aliphatic rings. The van der Waals surface area contributed by atoms with Crippen molar-refractivity contribution >= 4 is 32.5 Å². The molecule has 0 bridgehead atoms. The molecule has 4 aromatic rings. The molecule has 0 saturated heterocycles. The van der Waals surface area contributed by atoms with E-state index in [1.807, 2.05) is 43.3 Å². The standard InChI is InChI=1S/C25H24F2N4O3S/c1-4-21(35(28,33)34)17-9-10-20(26)22(23(17)27)24(32)19-13-30-25-18(19)11-15(12-29-25)14-5-7-16(8-6-14)31(2)3/h5-13,21H,4H2,1-3H3,(H,29,30)(H2,28,33,34). The molecule has 2 aromatic heterocycles. The number of benzene rings is 2. The van der Waals surface area contributed by atoms with Gasteiger partial charge in [0.25, 0.3) is 0 Å². The fraction of sp³-hybridized carbons (Fsp3) is 0.200. The number of aromatic nitrogens is 2. The summed E-state index contributed by atoms with van der Waals surface area (Å²) in [6, 6.07) is 11.3. The molecule has 35 heavy (non-hydrogen) atoms. The molecule has 2 heterocycles. The van der Waals surface area contributed by atoms with Gasteiger partial charge in [0.15, 0.2) is 0 Å². The Morgan fingerprint density at radius 3 is 2.40 bits per heavy atom. The minimum atomic E-state index is -4.17. The number of nitrogens with one attached hydrogen (secondary N) is 1. The van der Waals surface area contributed by atoms with Crippen molar-refractivity contribution in [1.29, 1.82) is 0 Å². The minimum absolute atomic E-state index is 0.0119. The Kier molecular flexibility index (Phi) is 6.44. The lowest BCUT2D eigenvalue weighted by atomic mass is 9.97. The Morgan fingerprint density at radius 1 is 1.11 bits per heavy atom.